The summed E-state index contributed by atoms with van der Waals surface area (Å²) in [5, 5.41) is 6.11. The first-order valence-electron chi connectivity index (χ1n) is 5.50. The molecule has 0 aliphatic carbocycles. The van der Waals surface area contributed by atoms with Crippen molar-refractivity contribution >= 4 is 40.6 Å². The number of urea groups is 1. The zero-order chi connectivity index (χ0) is 13.8. The van der Waals surface area contributed by atoms with Gasteiger partial charge in [0.15, 0.2) is 0 Å². The minimum Gasteiger partial charge on any atom is -0.308 e. The Balaban J connectivity index is 2.07. The second-order valence-electron chi connectivity index (χ2n) is 3.93. The summed E-state index contributed by atoms with van der Waals surface area (Å²) in [5.74, 6) is 0. The second kappa shape index (κ2) is 5.91. The van der Waals surface area contributed by atoms with E-state index in [-0.39, 0.29) is 0 Å². The van der Waals surface area contributed by atoms with Crippen LogP contribution in [0.25, 0.3) is 0 Å². The lowest BCUT2D eigenvalue weighted by atomic mass is 10.2. The number of aryl methyl sites for hydroxylation is 1. The number of nitrogens with zero attached hydrogens (tertiary/aromatic N) is 1. The molecule has 0 saturated carbocycles. The SMILES string of the molecule is Cc1ccc(Cl)c(NC(=O)Nc2ccnc(Cl)c2)c1. The molecule has 98 valence electrons. The zero-order valence-corrected chi connectivity index (χ0v) is 11.6. The number of nitrogens with one attached hydrogen (secondary N) is 2. The Morgan fingerprint density at radius 2 is 1.95 bits per heavy atom. The number of carbonyl (C=O) groups is 1. The van der Waals surface area contributed by atoms with Crippen molar-refractivity contribution in [2.75, 3.05) is 10.6 Å². The Hall–Kier alpha value is -1.78. The van der Waals surface area contributed by atoms with E-state index in [4.69, 9.17) is 23.2 Å². The van der Waals surface area contributed by atoms with Crippen LogP contribution in [0, 0.1) is 6.92 Å². The number of rotatable bonds is 2. The van der Waals surface area contributed by atoms with E-state index in [9.17, 15) is 4.79 Å². The summed E-state index contributed by atoms with van der Waals surface area (Å²) in [6.45, 7) is 1.92. The number of amides is 2. The summed E-state index contributed by atoms with van der Waals surface area (Å²) in [6, 6.07) is 8.20. The summed E-state index contributed by atoms with van der Waals surface area (Å²) in [7, 11) is 0. The Kier molecular flexibility index (Phi) is 4.24. The number of aromatic nitrogens is 1. The van der Waals surface area contributed by atoms with Gasteiger partial charge in [0.2, 0.25) is 0 Å². The van der Waals surface area contributed by atoms with Crippen molar-refractivity contribution in [1.82, 2.24) is 4.98 Å². The van der Waals surface area contributed by atoms with Crippen LogP contribution < -0.4 is 10.6 Å². The van der Waals surface area contributed by atoms with Gasteiger partial charge < -0.3 is 10.6 Å². The molecule has 1 aromatic heterocycles. The Morgan fingerprint density at radius 3 is 2.68 bits per heavy atom. The van der Waals surface area contributed by atoms with Gasteiger partial charge >= 0.3 is 6.03 Å². The third-order valence-corrected chi connectivity index (χ3v) is 2.89. The normalized spacial score (nSPS) is 10.1. The number of hydrogen-bond donors (Lipinski definition) is 2. The highest BCUT2D eigenvalue weighted by Crippen LogP contribution is 2.23. The van der Waals surface area contributed by atoms with Crippen LogP contribution >= 0.6 is 23.2 Å². The first-order valence-corrected chi connectivity index (χ1v) is 6.26. The summed E-state index contributed by atoms with van der Waals surface area (Å²) in [6.07, 6.45) is 1.51. The number of pyridine rings is 1. The maximum absolute atomic E-state index is 11.8. The maximum Gasteiger partial charge on any atom is 0.323 e. The highest BCUT2D eigenvalue weighted by molar-refractivity contribution is 6.33. The fraction of sp³-hybridized carbons (Fsp3) is 0.0769. The van der Waals surface area contributed by atoms with Crippen molar-refractivity contribution in [3.8, 4) is 0 Å². The van der Waals surface area contributed by atoms with Crippen molar-refractivity contribution in [3.63, 3.8) is 0 Å². The topological polar surface area (TPSA) is 54.0 Å². The molecular formula is C13H11Cl2N3O. The molecule has 0 fully saturated rings. The molecule has 1 heterocycles. The fourth-order valence-electron chi connectivity index (χ4n) is 1.50. The van der Waals surface area contributed by atoms with Crippen molar-refractivity contribution in [2.45, 2.75) is 6.92 Å². The quantitative estimate of drug-likeness (QED) is 0.810. The molecule has 0 radical (unpaired) electrons. The van der Waals surface area contributed by atoms with Gasteiger partial charge in [-0.15, -0.1) is 0 Å². The molecule has 0 saturated heterocycles. The minimum absolute atomic E-state index is 0.311. The van der Waals surface area contributed by atoms with Crippen LogP contribution in [0.1, 0.15) is 5.56 Å². The summed E-state index contributed by atoms with van der Waals surface area (Å²) in [5.41, 5.74) is 2.12. The Bertz CT molecular complexity index is 617. The average Bonchev–Trinajstić information content (AvgIpc) is 2.34. The molecule has 0 bridgehead atoms. The highest BCUT2D eigenvalue weighted by atomic mass is 35.5. The molecular weight excluding hydrogens is 285 g/mol. The lowest BCUT2D eigenvalue weighted by molar-refractivity contribution is 0.262. The van der Waals surface area contributed by atoms with Crippen LogP contribution in [0.2, 0.25) is 10.2 Å². The lowest BCUT2D eigenvalue weighted by Gasteiger charge is -2.09. The number of carbonyl (C=O) groups excluding carboxylic acids is 1. The third-order valence-electron chi connectivity index (χ3n) is 2.35. The van der Waals surface area contributed by atoms with Crippen LogP contribution in [0.15, 0.2) is 36.5 Å². The standard InChI is InChI=1S/C13H11Cl2N3O/c1-8-2-3-10(14)11(6-8)18-13(19)17-9-4-5-16-12(15)7-9/h2-7H,1H3,(H2,16,17,18,19). The molecule has 2 N–H and O–H groups in total. The second-order valence-corrected chi connectivity index (χ2v) is 4.72. The fourth-order valence-corrected chi connectivity index (χ4v) is 1.84. The monoisotopic (exact) mass is 295 g/mol. The summed E-state index contributed by atoms with van der Waals surface area (Å²) < 4.78 is 0. The van der Waals surface area contributed by atoms with Crippen LogP contribution in [0.3, 0.4) is 0 Å². The number of hydrogen-bond acceptors (Lipinski definition) is 2. The van der Waals surface area contributed by atoms with Crippen molar-refractivity contribution in [3.05, 3.63) is 52.3 Å². The molecule has 1 aromatic carbocycles. The molecule has 0 unspecified atom stereocenters. The van der Waals surface area contributed by atoms with Crippen LogP contribution in [-0.4, -0.2) is 11.0 Å². The Morgan fingerprint density at radius 1 is 1.16 bits per heavy atom. The zero-order valence-electron chi connectivity index (χ0n) is 10.1. The van der Waals surface area contributed by atoms with Crippen LogP contribution in [0.4, 0.5) is 16.2 Å². The lowest BCUT2D eigenvalue weighted by Crippen LogP contribution is -2.19. The first kappa shape index (κ1) is 13.6. The van der Waals surface area contributed by atoms with E-state index in [1.807, 2.05) is 13.0 Å². The predicted octanol–water partition coefficient (Wildman–Crippen LogP) is 4.34. The first-order chi connectivity index (χ1) is 9.04. The van der Waals surface area contributed by atoms with Crippen molar-refractivity contribution in [2.24, 2.45) is 0 Å². The van der Waals surface area contributed by atoms with Crippen molar-refractivity contribution in [1.29, 1.82) is 0 Å². The van der Waals surface area contributed by atoms with Gasteiger partial charge in [-0.1, -0.05) is 29.3 Å². The largest absolute Gasteiger partial charge is 0.323 e. The predicted molar refractivity (Wildman–Crippen MR) is 78.1 cm³/mol. The van der Waals surface area contributed by atoms with Gasteiger partial charge in [-0.05, 0) is 36.8 Å². The van der Waals surface area contributed by atoms with Gasteiger partial charge in [0, 0.05) is 11.9 Å². The van der Waals surface area contributed by atoms with E-state index in [0.717, 1.165) is 5.56 Å². The van der Waals surface area contributed by atoms with E-state index < -0.39 is 6.03 Å². The molecule has 0 spiro atoms. The summed E-state index contributed by atoms with van der Waals surface area (Å²) >= 11 is 11.7. The van der Waals surface area contributed by atoms with Gasteiger partial charge in [-0.2, -0.15) is 0 Å². The molecule has 2 aromatic rings. The van der Waals surface area contributed by atoms with Gasteiger partial charge in [0.05, 0.1) is 10.7 Å². The molecule has 19 heavy (non-hydrogen) atoms. The van der Waals surface area contributed by atoms with Gasteiger partial charge in [0.1, 0.15) is 5.15 Å². The third kappa shape index (κ3) is 3.84. The van der Waals surface area contributed by atoms with Crippen LogP contribution in [0.5, 0.6) is 0 Å². The molecule has 4 nitrogen and oxygen atoms in total. The molecule has 0 atom stereocenters. The van der Waals surface area contributed by atoms with E-state index in [1.54, 1.807) is 24.3 Å². The van der Waals surface area contributed by atoms with E-state index in [1.165, 1.54) is 6.20 Å². The maximum atomic E-state index is 11.8. The Labute approximate surface area is 120 Å². The van der Waals surface area contributed by atoms with E-state index in [0.29, 0.717) is 21.6 Å². The van der Waals surface area contributed by atoms with Crippen LogP contribution in [-0.2, 0) is 0 Å². The van der Waals surface area contributed by atoms with E-state index in [2.05, 4.69) is 15.6 Å². The highest BCUT2D eigenvalue weighted by Gasteiger charge is 2.06. The molecule has 2 rings (SSSR count). The summed E-state index contributed by atoms with van der Waals surface area (Å²) in [4.78, 5) is 15.6. The molecule has 2 amide bonds. The number of benzene rings is 1. The average molecular weight is 296 g/mol. The molecule has 6 heteroatoms. The number of anilines is 2. The van der Waals surface area contributed by atoms with Crippen molar-refractivity contribution < 1.29 is 4.79 Å². The van der Waals surface area contributed by atoms with Gasteiger partial charge in [-0.25, -0.2) is 9.78 Å². The minimum atomic E-state index is -0.394. The van der Waals surface area contributed by atoms with Gasteiger partial charge in [-0.3, -0.25) is 0 Å². The van der Waals surface area contributed by atoms with Gasteiger partial charge in [0.25, 0.3) is 0 Å². The smallest absolute Gasteiger partial charge is 0.308 e. The van der Waals surface area contributed by atoms with E-state index >= 15 is 0 Å². The number of halogens is 2. The molecule has 0 aliphatic rings. The molecule has 0 aliphatic heterocycles.